The molecular formula is C17H11N4P. The van der Waals surface area contributed by atoms with Gasteiger partial charge >= 0.3 is 0 Å². The van der Waals surface area contributed by atoms with Crippen molar-refractivity contribution >= 4 is 36.4 Å². The van der Waals surface area contributed by atoms with Gasteiger partial charge in [0.05, 0.1) is 22.5 Å². The van der Waals surface area contributed by atoms with E-state index < -0.39 is 0 Å². The number of nitriles is 1. The Balaban J connectivity index is 1.97. The van der Waals surface area contributed by atoms with Crippen LogP contribution in [0.5, 0.6) is 0 Å². The van der Waals surface area contributed by atoms with Crippen LogP contribution in [0.2, 0.25) is 0 Å². The van der Waals surface area contributed by atoms with Crippen molar-refractivity contribution < 1.29 is 0 Å². The van der Waals surface area contributed by atoms with Gasteiger partial charge in [0.2, 0.25) is 0 Å². The first-order chi connectivity index (χ1) is 10.8. The molecule has 1 unspecified atom stereocenters. The Morgan fingerprint density at radius 2 is 1.95 bits per heavy atom. The monoisotopic (exact) mass is 302 g/mol. The lowest BCUT2D eigenvalue weighted by Gasteiger charge is -2.03. The van der Waals surface area contributed by atoms with Crippen LogP contribution < -0.4 is 5.30 Å². The number of hydrogen-bond acceptors (Lipinski definition) is 3. The fourth-order valence-electron chi connectivity index (χ4n) is 2.60. The van der Waals surface area contributed by atoms with Crippen molar-refractivity contribution in [2.75, 3.05) is 0 Å². The maximum absolute atomic E-state index is 9.17. The largest absolute Gasteiger partial charge is 0.275 e. The van der Waals surface area contributed by atoms with Crippen LogP contribution in [-0.2, 0) is 0 Å². The first kappa shape index (κ1) is 12.9. The molecule has 0 amide bonds. The fraction of sp³-hybridized carbons (Fsp3) is 0. The molecule has 0 radical (unpaired) electrons. The number of aromatic amines is 1. The lowest BCUT2D eigenvalue weighted by molar-refractivity contribution is 1.11. The standard InChI is InChI=1S/C17H11N4P/c18-9-11-2-1-3-13-16(11)20-21-17(13)14-7-5-10-4-6-12(22)8-15(10)19-14/h1-8H,22H2,(H,20,21). The van der Waals surface area contributed by atoms with E-state index in [2.05, 4.69) is 25.5 Å². The van der Waals surface area contributed by atoms with E-state index in [9.17, 15) is 0 Å². The van der Waals surface area contributed by atoms with Crippen LogP contribution in [0.1, 0.15) is 5.56 Å². The van der Waals surface area contributed by atoms with Gasteiger partial charge in [-0.15, -0.1) is 9.24 Å². The van der Waals surface area contributed by atoms with Crippen LogP contribution in [0.3, 0.4) is 0 Å². The summed E-state index contributed by atoms with van der Waals surface area (Å²) >= 11 is 0. The number of benzene rings is 2. The first-order valence-corrected chi connectivity index (χ1v) is 7.38. The van der Waals surface area contributed by atoms with Crippen LogP contribution >= 0.6 is 9.24 Å². The Kier molecular flexibility index (Phi) is 2.89. The van der Waals surface area contributed by atoms with Gasteiger partial charge in [0.25, 0.3) is 0 Å². The van der Waals surface area contributed by atoms with Gasteiger partial charge in [0.15, 0.2) is 0 Å². The molecule has 1 N–H and O–H groups in total. The van der Waals surface area contributed by atoms with Gasteiger partial charge in [-0.1, -0.05) is 30.3 Å². The second-order valence-electron chi connectivity index (χ2n) is 5.06. The Labute approximate surface area is 129 Å². The van der Waals surface area contributed by atoms with Crippen molar-refractivity contribution in [3.05, 3.63) is 54.1 Å². The van der Waals surface area contributed by atoms with Crippen molar-refractivity contribution in [3.63, 3.8) is 0 Å². The highest BCUT2D eigenvalue weighted by Gasteiger charge is 2.12. The van der Waals surface area contributed by atoms with E-state index in [0.717, 1.165) is 33.0 Å². The number of aromatic nitrogens is 3. The highest BCUT2D eigenvalue weighted by Crippen LogP contribution is 2.27. The smallest absolute Gasteiger partial charge is 0.111 e. The normalized spacial score (nSPS) is 10.9. The van der Waals surface area contributed by atoms with Gasteiger partial charge in [-0.25, -0.2) is 4.98 Å². The Morgan fingerprint density at radius 3 is 2.82 bits per heavy atom. The summed E-state index contributed by atoms with van der Waals surface area (Å²) in [5.74, 6) is 0. The van der Waals surface area contributed by atoms with Gasteiger partial charge in [-0.2, -0.15) is 10.4 Å². The average molecular weight is 302 g/mol. The highest BCUT2D eigenvalue weighted by atomic mass is 31.0. The van der Waals surface area contributed by atoms with E-state index in [1.54, 1.807) is 6.07 Å². The molecule has 2 heterocycles. The van der Waals surface area contributed by atoms with Crippen LogP contribution in [0.4, 0.5) is 0 Å². The molecule has 0 aliphatic rings. The summed E-state index contributed by atoms with van der Waals surface area (Å²) in [6.45, 7) is 0. The minimum Gasteiger partial charge on any atom is -0.275 e. The van der Waals surface area contributed by atoms with Crippen molar-refractivity contribution in [2.45, 2.75) is 0 Å². The Morgan fingerprint density at radius 1 is 1.09 bits per heavy atom. The van der Waals surface area contributed by atoms with Crippen molar-refractivity contribution in [1.82, 2.24) is 15.2 Å². The maximum atomic E-state index is 9.17. The van der Waals surface area contributed by atoms with E-state index in [1.807, 2.05) is 42.5 Å². The third-order valence-corrected chi connectivity index (χ3v) is 4.04. The van der Waals surface area contributed by atoms with Crippen molar-refractivity contribution in [3.8, 4) is 17.5 Å². The van der Waals surface area contributed by atoms with Crippen LogP contribution in [-0.4, -0.2) is 15.2 Å². The van der Waals surface area contributed by atoms with Gasteiger partial charge in [0, 0.05) is 10.8 Å². The molecule has 4 aromatic rings. The summed E-state index contributed by atoms with van der Waals surface area (Å²) in [6, 6.07) is 17.9. The lowest BCUT2D eigenvalue weighted by Crippen LogP contribution is -1.92. The predicted octanol–water partition coefficient (Wildman–Crippen LogP) is 3.15. The van der Waals surface area contributed by atoms with Gasteiger partial charge in [0.1, 0.15) is 11.6 Å². The molecule has 0 aliphatic carbocycles. The van der Waals surface area contributed by atoms with E-state index >= 15 is 0 Å². The van der Waals surface area contributed by atoms with Gasteiger partial charge in [-0.05, 0) is 23.5 Å². The first-order valence-electron chi connectivity index (χ1n) is 6.80. The molecule has 22 heavy (non-hydrogen) atoms. The van der Waals surface area contributed by atoms with Crippen molar-refractivity contribution in [2.24, 2.45) is 0 Å². The molecule has 0 spiro atoms. The van der Waals surface area contributed by atoms with Gasteiger partial charge in [-0.3, -0.25) is 5.10 Å². The lowest BCUT2D eigenvalue weighted by atomic mass is 10.1. The molecule has 0 aliphatic heterocycles. The number of H-pyrrole nitrogens is 1. The molecule has 0 bridgehead atoms. The number of nitrogens with zero attached hydrogens (tertiary/aromatic N) is 3. The molecule has 1 atom stereocenters. The predicted molar refractivity (Wildman–Crippen MR) is 90.9 cm³/mol. The van der Waals surface area contributed by atoms with E-state index in [-0.39, 0.29) is 0 Å². The maximum Gasteiger partial charge on any atom is 0.111 e. The zero-order valence-corrected chi connectivity index (χ0v) is 12.7. The number of fused-ring (bicyclic) bond motifs is 2. The number of nitrogens with one attached hydrogen (secondary N) is 1. The Bertz CT molecular complexity index is 1060. The number of hydrogen-bond donors (Lipinski definition) is 1. The second kappa shape index (κ2) is 4.91. The SMILES string of the molecule is N#Cc1cccc2c(-c3ccc4ccc(P)cc4n3)[nH]nc12. The molecule has 0 saturated heterocycles. The van der Waals surface area contributed by atoms with E-state index in [0.29, 0.717) is 11.1 Å². The van der Waals surface area contributed by atoms with E-state index in [4.69, 9.17) is 10.2 Å². The van der Waals surface area contributed by atoms with E-state index in [1.165, 1.54) is 0 Å². The number of rotatable bonds is 1. The fourth-order valence-corrected chi connectivity index (χ4v) is 2.85. The highest BCUT2D eigenvalue weighted by molar-refractivity contribution is 7.27. The van der Waals surface area contributed by atoms with Crippen molar-refractivity contribution in [1.29, 1.82) is 5.26 Å². The molecular weight excluding hydrogens is 291 g/mol. The summed E-state index contributed by atoms with van der Waals surface area (Å²) in [5, 5.41) is 19.6. The quantitative estimate of drug-likeness (QED) is 0.549. The Hall–Kier alpha value is -2.76. The zero-order valence-electron chi connectivity index (χ0n) is 11.5. The van der Waals surface area contributed by atoms with Crippen LogP contribution in [0.25, 0.3) is 33.2 Å². The van der Waals surface area contributed by atoms with Crippen LogP contribution in [0, 0.1) is 11.3 Å². The zero-order chi connectivity index (χ0) is 15.1. The third kappa shape index (κ3) is 1.95. The minimum absolute atomic E-state index is 0.563. The van der Waals surface area contributed by atoms with Gasteiger partial charge < -0.3 is 0 Å². The molecule has 104 valence electrons. The molecule has 2 aromatic carbocycles. The molecule has 0 fully saturated rings. The summed E-state index contributed by atoms with van der Waals surface area (Å²) in [5.41, 5.74) is 3.84. The molecule has 4 rings (SSSR count). The minimum atomic E-state index is 0.563. The molecule has 0 saturated carbocycles. The molecule has 5 heteroatoms. The topological polar surface area (TPSA) is 65.4 Å². The summed E-state index contributed by atoms with van der Waals surface area (Å²) in [7, 11) is 2.68. The molecule has 2 aromatic heterocycles. The summed E-state index contributed by atoms with van der Waals surface area (Å²) in [4.78, 5) is 4.72. The van der Waals surface area contributed by atoms with Crippen LogP contribution in [0.15, 0.2) is 48.5 Å². The number of para-hydroxylation sites is 1. The number of pyridine rings is 1. The summed E-state index contributed by atoms with van der Waals surface area (Å²) < 4.78 is 0. The molecule has 4 nitrogen and oxygen atoms in total. The third-order valence-electron chi connectivity index (χ3n) is 3.68. The second-order valence-corrected chi connectivity index (χ2v) is 5.73. The average Bonchev–Trinajstić information content (AvgIpc) is 2.98. The summed E-state index contributed by atoms with van der Waals surface area (Å²) in [6.07, 6.45) is 0.